The van der Waals surface area contributed by atoms with Gasteiger partial charge in [-0.05, 0) is 94.1 Å². The molecular formula is C29H44FNO2. The smallest absolute Gasteiger partial charge is 0.258 e. The first kappa shape index (κ1) is 24.5. The molecule has 2 saturated carbocycles. The van der Waals surface area contributed by atoms with Crippen molar-refractivity contribution in [2.45, 2.75) is 116 Å². The summed E-state index contributed by atoms with van der Waals surface area (Å²) in [6, 6.07) is 1.75. The first-order valence-electron chi connectivity index (χ1n) is 13.8. The zero-order valence-electron chi connectivity index (χ0n) is 20.9. The van der Waals surface area contributed by atoms with Crippen molar-refractivity contribution >= 4 is 0 Å². The molecule has 1 heterocycles. The fraction of sp³-hybridized carbons (Fsp3) is 0.759. The molecule has 2 fully saturated rings. The first-order valence-corrected chi connectivity index (χ1v) is 13.8. The van der Waals surface area contributed by atoms with Gasteiger partial charge >= 0.3 is 0 Å². The Bertz CT molecular complexity index is 778. The van der Waals surface area contributed by atoms with Crippen molar-refractivity contribution in [2.75, 3.05) is 6.61 Å². The Labute approximate surface area is 200 Å². The first-order chi connectivity index (χ1) is 16.1. The molecule has 33 heavy (non-hydrogen) atoms. The number of ether oxygens (including phenoxy) is 2. The molecule has 184 valence electrons. The van der Waals surface area contributed by atoms with Crippen LogP contribution in [0.2, 0.25) is 0 Å². The van der Waals surface area contributed by atoms with Crippen LogP contribution in [0.25, 0.3) is 0 Å². The summed E-state index contributed by atoms with van der Waals surface area (Å²) in [5, 5.41) is 0. The van der Waals surface area contributed by atoms with Gasteiger partial charge in [0.1, 0.15) is 6.61 Å². The minimum absolute atomic E-state index is 0.129. The highest BCUT2D eigenvalue weighted by Crippen LogP contribution is 2.41. The highest BCUT2D eigenvalue weighted by atomic mass is 19.1. The third kappa shape index (κ3) is 6.96. The van der Waals surface area contributed by atoms with E-state index in [1.54, 1.807) is 6.07 Å². The van der Waals surface area contributed by atoms with E-state index in [0.29, 0.717) is 12.5 Å². The molecule has 0 radical (unpaired) electrons. The van der Waals surface area contributed by atoms with Crippen molar-refractivity contribution in [2.24, 2.45) is 17.8 Å². The maximum Gasteiger partial charge on any atom is 0.258 e. The lowest BCUT2D eigenvalue weighted by Gasteiger charge is -2.35. The van der Waals surface area contributed by atoms with Crippen molar-refractivity contribution in [3.05, 3.63) is 29.2 Å². The Morgan fingerprint density at radius 3 is 2.48 bits per heavy atom. The summed E-state index contributed by atoms with van der Waals surface area (Å²) in [6.07, 6.45) is 21.8. The van der Waals surface area contributed by atoms with E-state index in [0.717, 1.165) is 55.4 Å². The van der Waals surface area contributed by atoms with Crippen molar-refractivity contribution in [1.82, 2.24) is 4.98 Å². The molecule has 1 atom stereocenters. The Morgan fingerprint density at radius 1 is 1.00 bits per heavy atom. The van der Waals surface area contributed by atoms with Crippen LogP contribution in [0.5, 0.6) is 11.6 Å². The number of hydrogen-bond acceptors (Lipinski definition) is 3. The topological polar surface area (TPSA) is 31.4 Å². The van der Waals surface area contributed by atoms with Crippen LogP contribution in [0.3, 0.4) is 0 Å². The van der Waals surface area contributed by atoms with E-state index >= 15 is 0 Å². The van der Waals surface area contributed by atoms with Gasteiger partial charge in [0.15, 0.2) is 5.75 Å². The number of unbranched alkanes of at least 4 members (excludes halogenated alkanes) is 2. The zero-order chi connectivity index (χ0) is 23.0. The van der Waals surface area contributed by atoms with Crippen molar-refractivity contribution in [3.63, 3.8) is 0 Å². The molecule has 0 aromatic carbocycles. The lowest BCUT2D eigenvalue weighted by atomic mass is 9.70. The Kier molecular flexibility index (Phi) is 9.09. The van der Waals surface area contributed by atoms with E-state index in [4.69, 9.17) is 9.47 Å². The van der Waals surface area contributed by atoms with Gasteiger partial charge in [0.2, 0.25) is 5.88 Å². The SMILES string of the molecule is CCCCCC1CCC(C2CC=C(COc3nc(F)c(OC4CCCC4)cc3C)CC2)CC1. The summed E-state index contributed by atoms with van der Waals surface area (Å²) in [4.78, 5) is 4.08. The molecule has 1 unspecified atom stereocenters. The molecule has 0 saturated heterocycles. The molecule has 0 aliphatic heterocycles. The maximum atomic E-state index is 14.5. The number of allylic oxidation sites excluding steroid dienone is 1. The van der Waals surface area contributed by atoms with E-state index in [2.05, 4.69) is 18.0 Å². The van der Waals surface area contributed by atoms with E-state index in [-0.39, 0.29) is 11.9 Å². The van der Waals surface area contributed by atoms with Gasteiger partial charge in [-0.1, -0.05) is 51.5 Å². The minimum Gasteiger partial charge on any atom is -0.486 e. The highest BCUT2D eigenvalue weighted by Gasteiger charge is 2.28. The minimum atomic E-state index is -0.550. The van der Waals surface area contributed by atoms with Gasteiger partial charge in [-0.3, -0.25) is 0 Å². The van der Waals surface area contributed by atoms with Gasteiger partial charge in [-0.25, -0.2) is 0 Å². The second-order valence-electron chi connectivity index (χ2n) is 10.9. The van der Waals surface area contributed by atoms with Crippen LogP contribution < -0.4 is 9.47 Å². The normalized spacial score (nSPS) is 26.3. The van der Waals surface area contributed by atoms with E-state index in [1.807, 2.05) is 6.92 Å². The second-order valence-corrected chi connectivity index (χ2v) is 10.9. The van der Waals surface area contributed by atoms with Crippen LogP contribution in [-0.4, -0.2) is 17.7 Å². The molecule has 0 spiro atoms. The maximum absolute atomic E-state index is 14.5. The third-order valence-corrected chi connectivity index (χ3v) is 8.40. The Balaban J connectivity index is 1.21. The fourth-order valence-corrected chi connectivity index (χ4v) is 6.23. The molecule has 0 N–H and O–H groups in total. The number of hydrogen-bond donors (Lipinski definition) is 0. The van der Waals surface area contributed by atoms with Gasteiger partial charge in [0.25, 0.3) is 5.95 Å². The Morgan fingerprint density at radius 2 is 1.79 bits per heavy atom. The standard InChI is InChI=1S/C29H44FNO2/c1-3-4-5-8-22-11-15-24(16-12-22)25-17-13-23(14-18-25)20-32-29-21(2)19-27(28(30)31-29)33-26-9-6-7-10-26/h13,19,22,24-26H,3-12,14-18,20H2,1-2H3. The van der Waals surface area contributed by atoms with Gasteiger partial charge < -0.3 is 9.47 Å². The molecule has 0 bridgehead atoms. The predicted molar refractivity (Wildman–Crippen MR) is 132 cm³/mol. The average Bonchev–Trinajstić information content (AvgIpc) is 3.35. The van der Waals surface area contributed by atoms with Gasteiger partial charge in [0.05, 0.1) is 6.10 Å². The van der Waals surface area contributed by atoms with E-state index < -0.39 is 5.95 Å². The molecule has 4 heteroatoms. The fourth-order valence-electron chi connectivity index (χ4n) is 6.23. The second kappa shape index (κ2) is 12.2. The largest absolute Gasteiger partial charge is 0.486 e. The van der Waals surface area contributed by atoms with Crippen LogP contribution in [0.15, 0.2) is 17.7 Å². The number of halogens is 1. The lowest BCUT2D eigenvalue weighted by molar-refractivity contribution is 0.183. The van der Waals surface area contributed by atoms with Crippen LogP contribution in [-0.2, 0) is 0 Å². The number of aromatic nitrogens is 1. The summed E-state index contributed by atoms with van der Waals surface area (Å²) in [5.41, 5.74) is 2.18. The lowest BCUT2D eigenvalue weighted by Crippen LogP contribution is -2.24. The van der Waals surface area contributed by atoms with E-state index in [9.17, 15) is 4.39 Å². The van der Waals surface area contributed by atoms with Crippen LogP contribution in [0.4, 0.5) is 4.39 Å². The van der Waals surface area contributed by atoms with Crippen molar-refractivity contribution < 1.29 is 13.9 Å². The van der Waals surface area contributed by atoms with Crippen molar-refractivity contribution in [1.29, 1.82) is 0 Å². The number of pyridine rings is 1. The molecule has 4 rings (SSSR count). The molecular weight excluding hydrogens is 413 g/mol. The summed E-state index contributed by atoms with van der Waals surface area (Å²) in [5.74, 6) is 2.86. The van der Waals surface area contributed by atoms with Crippen LogP contribution in [0.1, 0.15) is 109 Å². The summed E-state index contributed by atoms with van der Waals surface area (Å²) >= 11 is 0. The van der Waals surface area contributed by atoms with Crippen LogP contribution >= 0.6 is 0 Å². The van der Waals surface area contributed by atoms with E-state index in [1.165, 1.54) is 69.8 Å². The average molecular weight is 458 g/mol. The summed E-state index contributed by atoms with van der Waals surface area (Å²) < 4.78 is 26.3. The quantitative estimate of drug-likeness (QED) is 0.201. The molecule has 1 aromatic heterocycles. The third-order valence-electron chi connectivity index (χ3n) is 8.40. The van der Waals surface area contributed by atoms with Crippen LogP contribution in [0, 0.1) is 30.6 Å². The van der Waals surface area contributed by atoms with Gasteiger partial charge in [-0.2, -0.15) is 9.37 Å². The van der Waals surface area contributed by atoms with Crippen molar-refractivity contribution in [3.8, 4) is 11.6 Å². The summed E-state index contributed by atoms with van der Waals surface area (Å²) in [7, 11) is 0. The van der Waals surface area contributed by atoms with Gasteiger partial charge in [0, 0.05) is 5.56 Å². The summed E-state index contributed by atoms with van der Waals surface area (Å²) in [6.45, 7) is 4.74. The molecule has 1 aromatic rings. The number of aryl methyl sites for hydroxylation is 1. The zero-order valence-corrected chi connectivity index (χ0v) is 20.9. The molecule has 3 aliphatic carbocycles. The predicted octanol–water partition coefficient (Wildman–Crippen LogP) is 8.34. The number of rotatable bonds is 10. The highest BCUT2D eigenvalue weighted by molar-refractivity contribution is 5.33. The molecule has 3 nitrogen and oxygen atoms in total. The Hall–Kier alpha value is -1.58. The van der Waals surface area contributed by atoms with Gasteiger partial charge in [-0.15, -0.1) is 0 Å². The monoisotopic (exact) mass is 457 g/mol. The number of nitrogens with zero attached hydrogens (tertiary/aromatic N) is 1. The molecule has 0 amide bonds. The molecule has 3 aliphatic rings.